The van der Waals surface area contributed by atoms with Gasteiger partial charge in [-0.15, -0.1) is 0 Å². The van der Waals surface area contributed by atoms with E-state index in [-0.39, 0.29) is 22.5 Å². The summed E-state index contributed by atoms with van der Waals surface area (Å²) in [6, 6.07) is 6.93. The first-order valence-corrected chi connectivity index (χ1v) is 6.27. The first-order chi connectivity index (χ1) is 8.99. The second-order valence-electron chi connectivity index (χ2n) is 3.52. The summed E-state index contributed by atoms with van der Waals surface area (Å²) in [7, 11) is 0. The molecule has 0 atom stereocenters. The van der Waals surface area contributed by atoms with Crippen molar-refractivity contribution >= 4 is 33.2 Å². The molecule has 0 radical (unpaired) electrons. The molecule has 98 valence electrons. The molecule has 0 aliphatic rings. The molecule has 8 heteroatoms. The summed E-state index contributed by atoms with van der Waals surface area (Å²) in [5, 5.41) is 10.9. The number of aryl methyl sites for hydroxylation is 1. The molecule has 0 saturated carbocycles. The van der Waals surface area contributed by atoms with Gasteiger partial charge in [0.25, 0.3) is 0 Å². The van der Waals surface area contributed by atoms with Crippen LogP contribution in [0.15, 0.2) is 28.7 Å². The fraction of sp³-hybridized carbons (Fsp3) is 0.0909. The number of hydrogen-bond acceptors (Lipinski definition) is 5. The van der Waals surface area contributed by atoms with Gasteiger partial charge in [0, 0.05) is 0 Å². The molecule has 1 heterocycles. The highest BCUT2D eigenvalue weighted by Gasteiger charge is 2.24. The van der Waals surface area contributed by atoms with E-state index < -0.39 is 4.92 Å². The first kappa shape index (κ1) is 13.7. The topological polar surface area (TPSA) is 78.2 Å². The highest BCUT2D eigenvalue weighted by atomic mass is 79.9. The molecule has 6 nitrogen and oxygen atoms in total. The standard InChI is InChI=1S/C11H7BrClN3O3/c1-6-9(16(17)18)10(15-11(13)14-6)19-8-5-3-2-4-7(8)12/h2-5H,1H3. The monoisotopic (exact) mass is 343 g/mol. The summed E-state index contributed by atoms with van der Waals surface area (Å²) in [5.41, 5.74) is -0.160. The smallest absolute Gasteiger partial charge is 0.352 e. The maximum atomic E-state index is 11.0. The van der Waals surface area contributed by atoms with Gasteiger partial charge in [0.05, 0.1) is 9.40 Å². The second kappa shape index (κ2) is 5.50. The third-order valence-electron chi connectivity index (χ3n) is 2.22. The van der Waals surface area contributed by atoms with Crippen molar-refractivity contribution in [2.45, 2.75) is 6.92 Å². The van der Waals surface area contributed by atoms with Crippen LogP contribution in [0.25, 0.3) is 0 Å². The number of rotatable bonds is 3. The number of nitro groups is 1. The number of aromatic nitrogens is 2. The summed E-state index contributed by atoms with van der Waals surface area (Å²) in [6.45, 7) is 1.47. The quantitative estimate of drug-likeness (QED) is 0.479. The lowest BCUT2D eigenvalue weighted by Gasteiger charge is -2.08. The molecule has 0 saturated heterocycles. The molecule has 0 amide bonds. The minimum absolute atomic E-state index is 0.106. The Morgan fingerprint density at radius 2 is 2.05 bits per heavy atom. The minimum Gasteiger partial charge on any atom is -0.432 e. The number of ether oxygens (including phenoxy) is 1. The molecule has 0 fully saturated rings. The van der Waals surface area contributed by atoms with Crippen LogP contribution >= 0.6 is 27.5 Å². The molecule has 19 heavy (non-hydrogen) atoms. The molecule has 0 N–H and O–H groups in total. The van der Waals surface area contributed by atoms with E-state index >= 15 is 0 Å². The second-order valence-corrected chi connectivity index (χ2v) is 4.71. The molecule has 0 spiro atoms. The fourth-order valence-electron chi connectivity index (χ4n) is 1.42. The zero-order chi connectivity index (χ0) is 14.0. The molecule has 0 bridgehead atoms. The fourth-order valence-corrected chi connectivity index (χ4v) is 1.99. The van der Waals surface area contributed by atoms with Gasteiger partial charge < -0.3 is 4.74 Å². The van der Waals surface area contributed by atoms with Gasteiger partial charge >= 0.3 is 11.6 Å². The predicted molar refractivity (Wildman–Crippen MR) is 72.6 cm³/mol. The molecule has 0 aliphatic heterocycles. The maximum Gasteiger partial charge on any atom is 0.352 e. The largest absolute Gasteiger partial charge is 0.432 e. The zero-order valence-corrected chi connectivity index (χ0v) is 12.0. The van der Waals surface area contributed by atoms with Crippen molar-refractivity contribution in [2.24, 2.45) is 0 Å². The van der Waals surface area contributed by atoms with Crippen molar-refractivity contribution in [3.63, 3.8) is 0 Å². The Morgan fingerprint density at radius 1 is 1.37 bits per heavy atom. The molecule has 0 aliphatic carbocycles. The minimum atomic E-state index is -0.599. The van der Waals surface area contributed by atoms with Crippen LogP contribution in [-0.4, -0.2) is 14.9 Å². The van der Waals surface area contributed by atoms with Gasteiger partial charge in [-0.25, -0.2) is 4.98 Å². The molecule has 1 aromatic heterocycles. The maximum absolute atomic E-state index is 11.0. The van der Waals surface area contributed by atoms with Crippen molar-refractivity contribution in [2.75, 3.05) is 0 Å². The van der Waals surface area contributed by atoms with Gasteiger partial charge in [-0.3, -0.25) is 10.1 Å². The number of para-hydroxylation sites is 1. The van der Waals surface area contributed by atoms with Crippen LogP contribution in [0.2, 0.25) is 5.28 Å². The summed E-state index contributed by atoms with van der Waals surface area (Å²) in [6.07, 6.45) is 0. The van der Waals surface area contributed by atoms with Crippen molar-refractivity contribution < 1.29 is 9.66 Å². The number of nitrogens with zero attached hydrogens (tertiary/aromatic N) is 3. The Morgan fingerprint density at radius 3 is 2.68 bits per heavy atom. The third kappa shape index (κ3) is 2.99. The van der Waals surface area contributed by atoms with E-state index in [1.165, 1.54) is 6.92 Å². The van der Waals surface area contributed by atoms with E-state index in [1.807, 2.05) is 0 Å². The van der Waals surface area contributed by atoms with Crippen LogP contribution in [-0.2, 0) is 0 Å². The van der Waals surface area contributed by atoms with Crippen molar-refractivity contribution in [3.8, 4) is 11.6 Å². The molecular weight excluding hydrogens is 337 g/mol. The van der Waals surface area contributed by atoms with Crippen molar-refractivity contribution in [3.05, 3.63) is 49.8 Å². The lowest BCUT2D eigenvalue weighted by molar-refractivity contribution is -0.386. The van der Waals surface area contributed by atoms with Crippen LogP contribution in [0.5, 0.6) is 11.6 Å². The van der Waals surface area contributed by atoms with Gasteiger partial charge in [-0.2, -0.15) is 4.98 Å². The Labute approximate surface area is 121 Å². The van der Waals surface area contributed by atoms with Gasteiger partial charge in [-0.1, -0.05) is 12.1 Å². The number of benzene rings is 1. The van der Waals surface area contributed by atoms with Gasteiger partial charge in [0.2, 0.25) is 5.28 Å². The molecular formula is C11H7BrClN3O3. The number of halogens is 2. The number of hydrogen-bond donors (Lipinski definition) is 0. The average Bonchev–Trinajstić information content (AvgIpc) is 2.30. The van der Waals surface area contributed by atoms with Crippen LogP contribution < -0.4 is 4.74 Å². The Kier molecular flexibility index (Phi) is 3.96. The Balaban J connectivity index is 2.51. The molecule has 2 aromatic rings. The summed E-state index contributed by atoms with van der Waals surface area (Å²) in [4.78, 5) is 17.9. The summed E-state index contributed by atoms with van der Waals surface area (Å²) >= 11 is 8.98. The van der Waals surface area contributed by atoms with Crippen LogP contribution in [0.4, 0.5) is 5.69 Å². The van der Waals surface area contributed by atoms with Crippen molar-refractivity contribution in [1.82, 2.24) is 9.97 Å². The predicted octanol–water partition coefficient (Wildman–Crippen LogP) is 3.90. The normalized spacial score (nSPS) is 10.3. The van der Waals surface area contributed by atoms with Gasteiger partial charge in [-0.05, 0) is 46.6 Å². The highest BCUT2D eigenvalue weighted by Crippen LogP contribution is 2.35. The van der Waals surface area contributed by atoms with Crippen LogP contribution in [0.1, 0.15) is 5.69 Å². The highest BCUT2D eigenvalue weighted by molar-refractivity contribution is 9.10. The zero-order valence-electron chi connectivity index (χ0n) is 9.63. The van der Waals surface area contributed by atoms with E-state index in [2.05, 4.69) is 25.9 Å². The van der Waals surface area contributed by atoms with E-state index in [4.69, 9.17) is 16.3 Å². The van der Waals surface area contributed by atoms with Crippen molar-refractivity contribution in [1.29, 1.82) is 0 Å². The SMILES string of the molecule is Cc1nc(Cl)nc(Oc2ccccc2Br)c1[N+](=O)[O-]. The Bertz CT molecular complexity index is 651. The van der Waals surface area contributed by atoms with Gasteiger partial charge in [0.1, 0.15) is 11.4 Å². The lowest BCUT2D eigenvalue weighted by atomic mass is 10.3. The lowest BCUT2D eigenvalue weighted by Crippen LogP contribution is -2.01. The van der Waals surface area contributed by atoms with E-state index in [0.717, 1.165) is 0 Å². The van der Waals surface area contributed by atoms with Gasteiger partial charge in [0.15, 0.2) is 0 Å². The third-order valence-corrected chi connectivity index (χ3v) is 3.05. The van der Waals surface area contributed by atoms with Crippen LogP contribution in [0.3, 0.4) is 0 Å². The average molecular weight is 345 g/mol. The Hall–Kier alpha value is -1.73. The molecule has 0 unspecified atom stereocenters. The molecule has 2 rings (SSSR count). The first-order valence-electron chi connectivity index (χ1n) is 5.10. The van der Waals surface area contributed by atoms with Crippen LogP contribution in [0, 0.1) is 17.0 Å². The summed E-state index contributed by atoms with van der Waals surface area (Å²) in [5.74, 6) is 0.217. The summed E-state index contributed by atoms with van der Waals surface area (Å²) < 4.78 is 6.09. The van der Waals surface area contributed by atoms with E-state index in [1.54, 1.807) is 24.3 Å². The van der Waals surface area contributed by atoms with E-state index in [0.29, 0.717) is 10.2 Å². The molecule has 1 aromatic carbocycles. The van der Waals surface area contributed by atoms with E-state index in [9.17, 15) is 10.1 Å².